The van der Waals surface area contributed by atoms with Crippen LogP contribution in [0, 0.1) is 5.41 Å². The molecule has 0 aliphatic heterocycles. The van der Waals surface area contributed by atoms with Gasteiger partial charge in [0.25, 0.3) is 0 Å². The molecule has 0 nitrogen and oxygen atoms in total. The van der Waals surface area contributed by atoms with Gasteiger partial charge in [0.1, 0.15) is 8.07 Å². The summed E-state index contributed by atoms with van der Waals surface area (Å²) in [6, 6.07) is 28.6. The van der Waals surface area contributed by atoms with Crippen molar-refractivity contribution in [1.29, 1.82) is 0 Å². The van der Waals surface area contributed by atoms with Gasteiger partial charge in [0.05, 0.1) is 8.99 Å². The fourth-order valence-electron chi connectivity index (χ4n) is 7.00. The van der Waals surface area contributed by atoms with Crippen molar-refractivity contribution in [2.45, 2.75) is 67.9 Å². The van der Waals surface area contributed by atoms with Gasteiger partial charge >= 0.3 is 0 Å². The predicted molar refractivity (Wildman–Crippen MR) is 163 cm³/mol. The van der Waals surface area contributed by atoms with Crippen LogP contribution in [0.25, 0.3) is 17.2 Å². The van der Waals surface area contributed by atoms with Crippen molar-refractivity contribution in [3.05, 3.63) is 101 Å². The van der Waals surface area contributed by atoms with Crippen molar-refractivity contribution < 1.29 is 0 Å². The van der Waals surface area contributed by atoms with Crippen LogP contribution in [-0.4, -0.2) is 16.9 Å². The van der Waals surface area contributed by atoms with Crippen LogP contribution in [0.4, 0.5) is 0 Å². The van der Waals surface area contributed by atoms with E-state index in [1.807, 2.05) is 0 Å². The molecule has 4 heteroatoms. The van der Waals surface area contributed by atoms with E-state index in [1.165, 1.54) is 45.0 Å². The Morgan fingerprint density at radius 2 is 1.25 bits per heavy atom. The number of hydrogen-bond donors (Lipinski definition) is 0. The first-order valence-corrected chi connectivity index (χ1v) is 19.3. The minimum Gasteiger partial charge on any atom is -0.113 e. The molecular formula is C32H37Cl2Si2. The van der Waals surface area contributed by atoms with Crippen molar-refractivity contribution in [2.24, 2.45) is 5.41 Å². The highest BCUT2D eigenvalue weighted by Crippen LogP contribution is 2.67. The smallest absolute Gasteiger partial charge is 0.113 e. The standard InChI is InChI=1S/C32H37Cl2Si2/c1-30(2,3)22-36(6,31(33)24(19-20-35(4)5)21-23-13-7-10-16-27(23)31)32(34)28-17-11-8-14-25(28)26-15-9-12-18-29(26)32/h7-18,21H,19-20,22H2,1-6H3. The van der Waals surface area contributed by atoms with Crippen molar-refractivity contribution >= 4 is 46.1 Å². The van der Waals surface area contributed by atoms with E-state index >= 15 is 0 Å². The fourth-order valence-corrected chi connectivity index (χ4v) is 16.2. The molecule has 0 saturated carbocycles. The van der Waals surface area contributed by atoms with E-state index in [0.717, 1.165) is 12.5 Å². The summed E-state index contributed by atoms with van der Waals surface area (Å²) in [4.78, 5) is 0. The monoisotopic (exact) mass is 547 g/mol. The third-order valence-electron chi connectivity index (χ3n) is 8.29. The summed E-state index contributed by atoms with van der Waals surface area (Å²) in [6.07, 6.45) is 3.45. The third kappa shape index (κ3) is 3.75. The highest BCUT2D eigenvalue weighted by atomic mass is 35.5. The topological polar surface area (TPSA) is 0 Å². The molecule has 3 aromatic rings. The van der Waals surface area contributed by atoms with Gasteiger partial charge in [0, 0.05) is 8.80 Å². The van der Waals surface area contributed by atoms with Gasteiger partial charge in [-0.15, -0.1) is 23.2 Å². The van der Waals surface area contributed by atoms with Gasteiger partial charge in [-0.2, -0.15) is 0 Å². The Labute approximate surface area is 230 Å². The Balaban J connectivity index is 1.84. The van der Waals surface area contributed by atoms with Gasteiger partial charge in [-0.3, -0.25) is 0 Å². The molecule has 187 valence electrons. The average Bonchev–Trinajstić information content (AvgIpc) is 3.28. The van der Waals surface area contributed by atoms with Crippen molar-refractivity contribution in [2.75, 3.05) is 0 Å². The van der Waals surface area contributed by atoms with E-state index in [-0.39, 0.29) is 14.2 Å². The molecule has 36 heavy (non-hydrogen) atoms. The summed E-state index contributed by atoms with van der Waals surface area (Å²) in [5.41, 5.74) is 9.01. The van der Waals surface area contributed by atoms with Crippen LogP contribution in [0.3, 0.4) is 0 Å². The van der Waals surface area contributed by atoms with E-state index in [4.69, 9.17) is 23.2 Å². The molecule has 3 aromatic carbocycles. The maximum absolute atomic E-state index is 8.29. The molecule has 0 aromatic heterocycles. The molecule has 0 saturated heterocycles. The summed E-state index contributed by atoms with van der Waals surface area (Å²) in [5, 5.41) is 0. The minimum absolute atomic E-state index is 0.0737. The molecule has 2 unspecified atom stereocenters. The van der Waals surface area contributed by atoms with E-state index in [1.54, 1.807) is 0 Å². The Bertz CT molecular complexity index is 1290. The minimum atomic E-state index is -2.68. The fraction of sp³-hybridized carbons (Fsp3) is 0.375. The van der Waals surface area contributed by atoms with E-state index in [9.17, 15) is 0 Å². The van der Waals surface area contributed by atoms with Crippen molar-refractivity contribution in [3.63, 3.8) is 0 Å². The zero-order chi connectivity index (χ0) is 25.9. The van der Waals surface area contributed by atoms with E-state index in [2.05, 4.69) is 119 Å². The van der Waals surface area contributed by atoms with Crippen molar-refractivity contribution in [1.82, 2.24) is 0 Å². The maximum atomic E-state index is 8.29. The highest BCUT2D eigenvalue weighted by molar-refractivity contribution is 6.96. The second-order valence-corrected chi connectivity index (χ2v) is 21.6. The number of halogens is 2. The second kappa shape index (κ2) is 9.01. The molecule has 0 amide bonds. The van der Waals surface area contributed by atoms with Crippen LogP contribution in [0.5, 0.6) is 0 Å². The van der Waals surface area contributed by atoms with Crippen molar-refractivity contribution in [3.8, 4) is 11.1 Å². The Hall–Kier alpha value is -1.59. The Morgan fingerprint density at radius 3 is 1.78 bits per heavy atom. The van der Waals surface area contributed by atoms with Gasteiger partial charge in [-0.1, -0.05) is 125 Å². The molecule has 2 aliphatic carbocycles. The van der Waals surface area contributed by atoms with Crippen LogP contribution in [0.1, 0.15) is 49.4 Å². The molecule has 0 N–H and O–H groups in total. The summed E-state index contributed by atoms with van der Waals surface area (Å²) < 4.78 is -1.22. The second-order valence-electron chi connectivity index (χ2n) is 12.4. The summed E-state index contributed by atoms with van der Waals surface area (Å²) in [5.74, 6) is 0. The lowest BCUT2D eigenvalue weighted by atomic mass is 10.0. The normalized spacial score (nSPS) is 21.5. The van der Waals surface area contributed by atoms with E-state index < -0.39 is 17.1 Å². The quantitative estimate of drug-likeness (QED) is 0.212. The van der Waals surface area contributed by atoms with Gasteiger partial charge in [0.15, 0.2) is 0 Å². The molecule has 0 heterocycles. The molecule has 0 spiro atoms. The molecule has 1 radical (unpaired) electrons. The van der Waals surface area contributed by atoms with Gasteiger partial charge in [0.2, 0.25) is 0 Å². The number of hydrogen-bond acceptors (Lipinski definition) is 0. The third-order valence-corrected chi connectivity index (χ3v) is 18.8. The molecule has 2 atom stereocenters. The van der Waals surface area contributed by atoms with Gasteiger partial charge in [-0.25, -0.2) is 0 Å². The van der Waals surface area contributed by atoms with Gasteiger partial charge < -0.3 is 0 Å². The Kier molecular flexibility index (Phi) is 6.52. The lowest BCUT2D eigenvalue weighted by Gasteiger charge is -2.54. The molecular weight excluding hydrogens is 511 g/mol. The number of alkyl halides is 2. The van der Waals surface area contributed by atoms with Crippen LogP contribution >= 0.6 is 23.2 Å². The van der Waals surface area contributed by atoms with Crippen LogP contribution in [0.15, 0.2) is 78.4 Å². The number of rotatable bonds is 6. The lowest BCUT2D eigenvalue weighted by Crippen LogP contribution is -2.64. The Morgan fingerprint density at radius 1 is 0.750 bits per heavy atom. The van der Waals surface area contributed by atoms with E-state index in [0.29, 0.717) is 0 Å². The van der Waals surface area contributed by atoms with Gasteiger partial charge in [-0.05, 0) is 56.8 Å². The lowest BCUT2D eigenvalue weighted by molar-refractivity contribution is 0.452. The number of fused-ring (bicyclic) bond motifs is 4. The maximum Gasteiger partial charge on any atom is 0.121 e. The zero-order valence-corrected chi connectivity index (χ0v) is 25.9. The first-order chi connectivity index (χ1) is 16.9. The molecule has 0 bridgehead atoms. The first-order valence-electron chi connectivity index (χ1n) is 13.1. The summed E-state index contributed by atoms with van der Waals surface area (Å²) in [6.45, 7) is 14.4. The largest absolute Gasteiger partial charge is 0.121 e. The average molecular weight is 549 g/mol. The summed E-state index contributed by atoms with van der Waals surface area (Å²) in [7, 11) is -3.07. The first kappa shape index (κ1) is 26.0. The predicted octanol–water partition coefficient (Wildman–Crippen LogP) is 10.0. The molecule has 5 rings (SSSR count). The SMILES string of the molecule is C[Si](C)CCC1=Cc2ccccc2C1(Cl)[Si](C)(CC(C)(C)C)C1(Cl)c2ccccc2-c2ccccc21. The number of allylic oxidation sites excluding steroid dienone is 1. The molecule has 2 aliphatic rings. The summed E-state index contributed by atoms with van der Waals surface area (Å²) >= 11 is 16.6. The van der Waals surface area contributed by atoms with Crippen LogP contribution in [0.2, 0.25) is 31.7 Å². The van der Waals surface area contributed by atoms with Crippen LogP contribution in [-0.2, 0) is 8.99 Å². The van der Waals surface area contributed by atoms with Crippen LogP contribution < -0.4 is 0 Å². The molecule has 0 fully saturated rings. The zero-order valence-electron chi connectivity index (χ0n) is 22.4. The number of benzene rings is 3. The highest BCUT2D eigenvalue weighted by Gasteiger charge is 2.68.